The highest BCUT2D eigenvalue weighted by atomic mass is 32.2. The van der Waals surface area contributed by atoms with Crippen molar-refractivity contribution in [2.45, 2.75) is 26.3 Å². The van der Waals surface area contributed by atoms with Crippen molar-refractivity contribution in [2.24, 2.45) is 11.8 Å². The van der Waals surface area contributed by atoms with Crippen molar-refractivity contribution in [3.05, 3.63) is 0 Å². The fourth-order valence-electron chi connectivity index (χ4n) is 1.79. The van der Waals surface area contributed by atoms with Crippen molar-refractivity contribution < 1.29 is 23.1 Å². The van der Waals surface area contributed by atoms with Crippen LogP contribution in [0, 0.1) is 11.8 Å². The molecule has 2 N–H and O–H groups in total. The highest BCUT2D eigenvalue weighted by Gasteiger charge is 2.35. The molecule has 1 aliphatic heterocycles. The Hall–Kier alpha value is -1.11. The lowest BCUT2D eigenvalue weighted by atomic mass is 10.0. The fourth-order valence-corrected chi connectivity index (χ4v) is 3.53. The van der Waals surface area contributed by atoms with Gasteiger partial charge in [-0.15, -0.1) is 0 Å². The molecular weight excluding hydrogens is 246 g/mol. The van der Waals surface area contributed by atoms with E-state index in [0.717, 1.165) is 0 Å². The van der Waals surface area contributed by atoms with Gasteiger partial charge < -0.3 is 10.4 Å². The maximum Gasteiger partial charge on any atom is 0.326 e. The molecule has 1 heterocycles. The molecule has 1 fully saturated rings. The van der Waals surface area contributed by atoms with Crippen LogP contribution in [0.5, 0.6) is 0 Å². The molecule has 0 aromatic rings. The van der Waals surface area contributed by atoms with Crippen molar-refractivity contribution in [3.63, 3.8) is 0 Å². The first-order valence-electron chi connectivity index (χ1n) is 5.46. The van der Waals surface area contributed by atoms with Gasteiger partial charge in [0.25, 0.3) is 0 Å². The number of amides is 1. The van der Waals surface area contributed by atoms with Gasteiger partial charge in [0.05, 0.1) is 17.4 Å². The van der Waals surface area contributed by atoms with Gasteiger partial charge in [-0.25, -0.2) is 13.2 Å². The Morgan fingerprint density at radius 1 is 1.35 bits per heavy atom. The number of carbonyl (C=O) groups excluding carboxylic acids is 1. The van der Waals surface area contributed by atoms with Crippen LogP contribution in [0.1, 0.15) is 20.3 Å². The van der Waals surface area contributed by atoms with E-state index in [-0.39, 0.29) is 23.8 Å². The maximum atomic E-state index is 11.7. The lowest BCUT2D eigenvalue weighted by molar-refractivity contribution is -0.143. The zero-order chi connectivity index (χ0) is 13.2. The van der Waals surface area contributed by atoms with Gasteiger partial charge in [-0.1, -0.05) is 13.8 Å². The van der Waals surface area contributed by atoms with E-state index in [9.17, 15) is 18.0 Å². The molecule has 0 saturated carbocycles. The second-order valence-corrected chi connectivity index (χ2v) is 6.90. The van der Waals surface area contributed by atoms with Crippen LogP contribution in [-0.2, 0) is 19.4 Å². The molecule has 1 rings (SSSR count). The van der Waals surface area contributed by atoms with Crippen LogP contribution in [0.25, 0.3) is 0 Å². The summed E-state index contributed by atoms with van der Waals surface area (Å²) in [7, 11) is -3.13. The molecular formula is C10H17NO5S. The molecule has 2 atom stereocenters. The molecule has 1 amide bonds. The molecule has 6 nitrogen and oxygen atoms in total. The standard InChI is InChI=1S/C10H17NO5S/c1-6(2)8(10(13)14)11-9(12)7-3-4-17(15,16)5-7/h6-8H,3-5H2,1-2H3,(H,11,12)(H,13,14)/t7?,8-/m1/s1. The number of carboxylic acid groups (broad SMARTS) is 1. The Morgan fingerprint density at radius 2 is 1.94 bits per heavy atom. The van der Waals surface area contributed by atoms with Gasteiger partial charge >= 0.3 is 5.97 Å². The number of carboxylic acids is 1. The first-order valence-corrected chi connectivity index (χ1v) is 7.28. The van der Waals surface area contributed by atoms with Gasteiger partial charge in [0.2, 0.25) is 5.91 Å². The van der Waals surface area contributed by atoms with Crippen LogP contribution in [0.4, 0.5) is 0 Å². The number of hydrogen-bond donors (Lipinski definition) is 2. The first kappa shape index (κ1) is 14.0. The number of nitrogens with one attached hydrogen (secondary N) is 1. The number of hydrogen-bond acceptors (Lipinski definition) is 4. The average molecular weight is 263 g/mol. The largest absolute Gasteiger partial charge is 0.480 e. The summed E-state index contributed by atoms with van der Waals surface area (Å²) in [6.45, 7) is 3.37. The average Bonchev–Trinajstić information content (AvgIpc) is 2.53. The normalized spacial score (nSPS) is 24.5. The van der Waals surface area contributed by atoms with Gasteiger partial charge in [0, 0.05) is 0 Å². The second-order valence-electron chi connectivity index (χ2n) is 4.67. The first-order chi connectivity index (χ1) is 7.73. The van der Waals surface area contributed by atoms with Gasteiger partial charge in [0.1, 0.15) is 6.04 Å². The maximum absolute atomic E-state index is 11.7. The van der Waals surface area contributed by atoms with Crippen LogP contribution in [-0.4, -0.2) is 42.9 Å². The molecule has 1 unspecified atom stereocenters. The van der Waals surface area contributed by atoms with E-state index >= 15 is 0 Å². The van der Waals surface area contributed by atoms with E-state index in [2.05, 4.69) is 5.32 Å². The minimum atomic E-state index is -3.13. The SMILES string of the molecule is CC(C)[C@@H](NC(=O)C1CCS(=O)(=O)C1)C(=O)O. The smallest absolute Gasteiger partial charge is 0.326 e. The van der Waals surface area contributed by atoms with E-state index in [4.69, 9.17) is 5.11 Å². The van der Waals surface area contributed by atoms with Gasteiger partial charge in [-0.05, 0) is 12.3 Å². The lowest BCUT2D eigenvalue weighted by Gasteiger charge is -2.19. The minimum Gasteiger partial charge on any atom is -0.480 e. The molecule has 0 bridgehead atoms. The predicted molar refractivity (Wildman–Crippen MR) is 61.2 cm³/mol. The molecule has 7 heteroatoms. The van der Waals surface area contributed by atoms with Crippen molar-refractivity contribution in [3.8, 4) is 0 Å². The summed E-state index contributed by atoms with van der Waals surface area (Å²) in [6, 6.07) is -0.967. The third kappa shape index (κ3) is 3.69. The molecule has 1 aliphatic rings. The number of rotatable bonds is 4. The number of sulfone groups is 1. The molecule has 98 valence electrons. The highest BCUT2D eigenvalue weighted by Crippen LogP contribution is 2.19. The van der Waals surface area contributed by atoms with Crippen LogP contribution in [0.2, 0.25) is 0 Å². The number of carbonyl (C=O) groups is 2. The predicted octanol–water partition coefficient (Wildman–Crippen LogP) is -0.353. The van der Waals surface area contributed by atoms with Crippen LogP contribution in [0.3, 0.4) is 0 Å². The second kappa shape index (κ2) is 5.03. The topological polar surface area (TPSA) is 101 Å². The zero-order valence-corrected chi connectivity index (χ0v) is 10.7. The quantitative estimate of drug-likeness (QED) is 0.722. The van der Waals surface area contributed by atoms with E-state index in [1.807, 2.05) is 0 Å². The Balaban J connectivity index is 2.63. The van der Waals surface area contributed by atoms with Gasteiger partial charge in [-0.3, -0.25) is 4.79 Å². The highest BCUT2D eigenvalue weighted by molar-refractivity contribution is 7.91. The van der Waals surface area contributed by atoms with E-state index < -0.39 is 33.7 Å². The molecule has 0 aromatic carbocycles. The third-order valence-corrected chi connectivity index (χ3v) is 4.60. The monoisotopic (exact) mass is 263 g/mol. The van der Waals surface area contributed by atoms with E-state index in [1.165, 1.54) is 0 Å². The summed E-state index contributed by atoms with van der Waals surface area (Å²) in [6.07, 6.45) is 0.276. The summed E-state index contributed by atoms with van der Waals surface area (Å²) in [5.74, 6) is -2.61. The third-order valence-electron chi connectivity index (χ3n) is 2.83. The Bertz CT molecular complexity index is 414. The Morgan fingerprint density at radius 3 is 2.29 bits per heavy atom. The van der Waals surface area contributed by atoms with Crippen molar-refractivity contribution in [2.75, 3.05) is 11.5 Å². The van der Waals surface area contributed by atoms with Crippen LogP contribution < -0.4 is 5.32 Å². The van der Waals surface area contributed by atoms with Gasteiger partial charge in [0.15, 0.2) is 9.84 Å². The number of aliphatic carboxylic acids is 1. The minimum absolute atomic E-state index is 0.00447. The Labute approximate surface area is 100 Å². The lowest BCUT2D eigenvalue weighted by Crippen LogP contribution is -2.46. The molecule has 17 heavy (non-hydrogen) atoms. The molecule has 1 saturated heterocycles. The molecule has 0 spiro atoms. The van der Waals surface area contributed by atoms with Crippen molar-refractivity contribution in [1.82, 2.24) is 5.32 Å². The molecule has 0 aliphatic carbocycles. The zero-order valence-electron chi connectivity index (χ0n) is 9.84. The van der Waals surface area contributed by atoms with E-state index in [1.54, 1.807) is 13.8 Å². The molecule has 0 aromatic heterocycles. The fraction of sp³-hybridized carbons (Fsp3) is 0.800. The summed E-state index contributed by atoms with van der Waals surface area (Å²) >= 11 is 0. The molecule has 0 radical (unpaired) electrons. The van der Waals surface area contributed by atoms with Crippen molar-refractivity contribution in [1.29, 1.82) is 0 Å². The van der Waals surface area contributed by atoms with Crippen LogP contribution in [0.15, 0.2) is 0 Å². The van der Waals surface area contributed by atoms with Crippen molar-refractivity contribution >= 4 is 21.7 Å². The van der Waals surface area contributed by atoms with Crippen LogP contribution >= 0.6 is 0 Å². The Kier molecular flexibility index (Phi) is 4.13. The summed E-state index contributed by atoms with van der Waals surface area (Å²) in [4.78, 5) is 22.6. The summed E-state index contributed by atoms with van der Waals surface area (Å²) in [5.41, 5.74) is 0. The van der Waals surface area contributed by atoms with E-state index in [0.29, 0.717) is 0 Å². The summed E-state index contributed by atoms with van der Waals surface area (Å²) in [5, 5.41) is 11.3. The van der Waals surface area contributed by atoms with Gasteiger partial charge in [-0.2, -0.15) is 0 Å². The summed E-state index contributed by atoms with van der Waals surface area (Å²) < 4.78 is 22.4.